The van der Waals surface area contributed by atoms with E-state index in [9.17, 15) is 24.3 Å². The Labute approximate surface area is 350 Å². The Bertz CT molecular complexity index is 2500. The summed E-state index contributed by atoms with van der Waals surface area (Å²) in [7, 11) is 2.49. The molecule has 16 heteroatoms. The average Bonchev–Trinajstić information content (AvgIpc) is 4.13. The number of carbonyl (C=O) groups excluding carboxylic acids is 4. The molecule has 0 unspecified atom stereocenters. The molecule has 60 heavy (non-hydrogen) atoms. The topological polar surface area (TPSA) is 195 Å². The minimum Gasteiger partial charge on any atom is -0.453 e. The quantitative estimate of drug-likeness (QED) is 0.0926. The number of carbonyl (C=O) groups is 4. The third-order valence-corrected chi connectivity index (χ3v) is 12.1. The second-order valence-electron chi connectivity index (χ2n) is 15.1. The standard InChI is InChI=1S/C44H46N8O7S/c1-25(53)37(49-43(56)58-2)41(54)51-17-4-6-35(51)40-46-23-34(48-40)31-15-14-29-20-28(12-13-30(29)21-31)26-8-10-27(11-9-26)33-22-45-39(47-33)36-7-5-18-52(36)42(55)38(50-44(57)59-3)32-16-19-60-24-32/h8-16,19-25,35-38,53H,4-7,17-18H2,1-3H3,(H,45,47)(H,46,48)(H,49,56)(H,50,57)/t25-,35+,36+,37+,38-/m1/s1. The molecule has 0 bridgehead atoms. The first-order valence-electron chi connectivity index (χ1n) is 19.9. The van der Waals surface area contributed by atoms with Gasteiger partial charge in [0.05, 0.1) is 56.2 Å². The van der Waals surface area contributed by atoms with E-state index in [1.165, 1.54) is 32.5 Å². The Kier molecular flexibility index (Phi) is 11.7. The van der Waals surface area contributed by atoms with Gasteiger partial charge in [-0.25, -0.2) is 19.6 Å². The lowest BCUT2D eigenvalue weighted by Gasteiger charge is -2.29. The number of likely N-dealkylation sites (tertiary alicyclic amines) is 2. The zero-order valence-electron chi connectivity index (χ0n) is 33.4. The number of nitrogens with one attached hydrogen (secondary N) is 4. The van der Waals surface area contributed by atoms with Crippen LogP contribution in [0.3, 0.4) is 0 Å². The number of aliphatic hydroxyl groups excluding tert-OH is 1. The molecule has 5 heterocycles. The summed E-state index contributed by atoms with van der Waals surface area (Å²) in [5, 5.41) is 21.3. The zero-order chi connectivity index (χ0) is 41.9. The maximum Gasteiger partial charge on any atom is 0.407 e. The van der Waals surface area contributed by atoms with Crippen molar-refractivity contribution < 1.29 is 33.8 Å². The number of benzene rings is 3. The number of amides is 4. The largest absolute Gasteiger partial charge is 0.453 e. The van der Waals surface area contributed by atoms with E-state index in [1.807, 2.05) is 22.9 Å². The molecule has 6 aromatic rings. The Morgan fingerprint density at radius 2 is 1.27 bits per heavy atom. The highest BCUT2D eigenvalue weighted by molar-refractivity contribution is 7.08. The van der Waals surface area contributed by atoms with E-state index in [-0.39, 0.29) is 23.9 Å². The van der Waals surface area contributed by atoms with Gasteiger partial charge in [-0.2, -0.15) is 11.3 Å². The molecule has 0 saturated carbocycles. The maximum absolute atomic E-state index is 13.8. The van der Waals surface area contributed by atoms with Crippen LogP contribution in [0.4, 0.5) is 9.59 Å². The lowest BCUT2D eigenvalue weighted by atomic mass is 9.98. The van der Waals surface area contributed by atoms with Gasteiger partial charge in [-0.1, -0.05) is 48.5 Å². The maximum atomic E-state index is 13.8. The summed E-state index contributed by atoms with van der Waals surface area (Å²) in [4.78, 5) is 70.9. The minimum atomic E-state index is -1.13. The van der Waals surface area contributed by atoms with Crippen molar-refractivity contribution in [3.05, 3.63) is 107 Å². The van der Waals surface area contributed by atoms with Crippen molar-refractivity contribution in [1.82, 2.24) is 40.4 Å². The van der Waals surface area contributed by atoms with Crippen molar-refractivity contribution in [2.75, 3.05) is 27.3 Å². The first-order valence-corrected chi connectivity index (χ1v) is 20.8. The van der Waals surface area contributed by atoms with Gasteiger partial charge < -0.3 is 45.0 Å². The monoisotopic (exact) mass is 830 g/mol. The Morgan fingerprint density at radius 1 is 0.733 bits per heavy atom. The molecule has 4 amide bonds. The van der Waals surface area contributed by atoms with Gasteiger partial charge in [0.15, 0.2) is 0 Å². The van der Waals surface area contributed by atoms with Crippen LogP contribution >= 0.6 is 11.3 Å². The summed E-state index contributed by atoms with van der Waals surface area (Å²) < 4.78 is 9.47. The molecule has 5 N–H and O–H groups in total. The van der Waals surface area contributed by atoms with Gasteiger partial charge in [-0.05, 0) is 94.6 Å². The highest BCUT2D eigenvalue weighted by atomic mass is 32.1. The second-order valence-corrected chi connectivity index (χ2v) is 15.9. The minimum absolute atomic E-state index is 0.201. The summed E-state index contributed by atoms with van der Waals surface area (Å²) in [5.74, 6) is 0.758. The first kappa shape index (κ1) is 40.3. The highest BCUT2D eigenvalue weighted by Gasteiger charge is 2.39. The normalized spacial score (nSPS) is 17.9. The summed E-state index contributed by atoms with van der Waals surface area (Å²) in [6.45, 7) is 2.50. The Balaban J connectivity index is 0.941. The summed E-state index contributed by atoms with van der Waals surface area (Å²) in [6, 6.07) is 20.1. The van der Waals surface area contributed by atoms with Crippen molar-refractivity contribution in [3.8, 4) is 33.6 Å². The number of H-pyrrole nitrogens is 2. The number of aromatic amines is 2. The molecule has 5 atom stereocenters. The molecule has 2 fully saturated rings. The number of ether oxygens (including phenoxy) is 2. The molecule has 2 aliphatic rings. The number of methoxy groups -OCH3 is 2. The number of hydrogen-bond acceptors (Lipinski definition) is 10. The molecular formula is C44H46N8O7S. The summed E-state index contributed by atoms with van der Waals surface area (Å²) in [6.07, 6.45) is 4.05. The van der Waals surface area contributed by atoms with Gasteiger partial charge in [-0.15, -0.1) is 0 Å². The molecule has 2 aliphatic heterocycles. The number of aliphatic hydroxyl groups is 1. The van der Waals surface area contributed by atoms with Crippen LogP contribution in [0.2, 0.25) is 0 Å². The van der Waals surface area contributed by atoms with Crippen LogP contribution in [0.5, 0.6) is 0 Å². The van der Waals surface area contributed by atoms with E-state index < -0.39 is 30.4 Å². The molecule has 0 aliphatic carbocycles. The van der Waals surface area contributed by atoms with Crippen molar-refractivity contribution in [1.29, 1.82) is 0 Å². The summed E-state index contributed by atoms with van der Waals surface area (Å²) >= 11 is 1.46. The van der Waals surface area contributed by atoms with E-state index in [2.05, 4.69) is 84.9 Å². The molecule has 15 nitrogen and oxygen atoms in total. The van der Waals surface area contributed by atoms with Gasteiger partial charge >= 0.3 is 12.2 Å². The van der Waals surface area contributed by atoms with E-state index in [0.717, 1.165) is 63.7 Å². The predicted molar refractivity (Wildman–Crippen MR) is 226 cm³/mol. The van der Waals surface area contributed by atoms with Crippen LogP contribution in [0.15, 0.2) is 89.9 Å². The molecular weight excluding hydrogens is 785 g/mol. The van der Waals surface area contributed by atoms with E-state index in [0.29, 0.717) is 36.7 Å². The number of aromatic nitrogens is 4. The first-order chi connectivity index (χ1) is 29.1. The highest BCUT2D eigenvalue weighted by Crippen LogP contribution is 2.36. The number of thiophene rings is 1. The SMILES string of the molecule is COC(=O)N[C@H](C(=O)N1CCC[C@H]1c1ncc(-c2ccc3cc(-c4ccc(-c5cnc([C@@H]6CCCN6C(=O)[C@H](NC(=O)OC)c6ccsc6)[nH]5)cc4)ccc3c2)[nH]1)[C@@H](C)O. The second kappa shape index (κ2) is 17.4. The third kappa shape index (κ3) is 8.20. The third-order valence-electron chi connectivity index (χ3n) is 11.4. The Morgan fingerprint density at radius 3 is 1.85 bits per heavy atom. The van der Waals surface area contributed by atoms with E-state index in [1.54, 1.807) is 22.2 Å². The number of nitrogens with zero attached hydrogens (tertiary/aromatic N) is 4. The van der Waals surface area contributed by atoms with E-state index in [4.69, 9.17) is 9.72 Å². The lowest BCUT2D eigenvalue weighted by molar-refractivity contribution is -0.137. The molecule has 0 spiro atoms. The van der Waals surface area contributed by atoms with Crippen molar-refractivity contribution in [2.24, 2.45) is 0 Å². The van der Waals surface area contributed by atoms with Crippen LogP contribution < -0.4 is 10.6 Å². The fourth-order valence-corrected chi connectivity index (χ4v) is 8.88. The molecule has 2 saturated heterocycles. The number of fused-ring (bicyclic) bond motifs is 1. The average molecular weight is 831 g/mol. The fraction of sp³-hybridized carbons (Fsp3) is 0.318. The lowest BCUT2D eigenvalue weighted by Crippen LogP contribution is -2.53. The Hall–Kier alpha value is -6.52. The van der Waals surface area contributed by atoms with Gasteiger partial charge in [0.1, 0.15) is 23.7 Å². The molecule has 310 valence electrons. The summed E-state index contributed by atoms with van der Waals surface area (Å²) in [5.41, 5.74) is 6.42. The van der Waals surface area contributed by atoms with Gasteiger partial charge in [0.25, 0.3) is 5.91 Å². The van der Waals surface area contributed by atoms with Crippen LogP contribution in [-0.4, -0.2) is 98.3 Å². The van der Waals surface area contributed by atoms with Crippen LogP contribution in [-0.2, 0) is 19.1 Å². The van der Waals surface area contributed by atoms with Crippen molar-refractivity contribution in [2.45, 2.75) is 62.9 Å². The zero-order valence-corrected chi connectivity index (χ0v) is 34.2. The molecule has 0 radical (unpaired) electrons. The number of imidazole rings is 2. The fourth-order valence-electron chi connectivity index (χ4n) is 8.19. The van der Waals surface area contributed by atoms with Crippen LogP contribution in [0.25, 0.3) is 44.4 Å². The number of hydrogen-bond donors (Lipinski definition) is 5. The van der Waals surface area contributed by atoms with Gasteiger partial charge in [0, 0.05) is 18.7 Å². The smallest absolute Gasteiger partial charge is 0.407 e. The van der Waals surface area contributed by atoms with Crippen LogP contribution in [0.1, 0.15) is 67.9 Å². The number of alkyl carbamates (subject to hydrolysis) is 2. The van der Waals surface area contributed by atoms with Gasteiger partial charge in [0.2, 0.25) is 5.91 Å². The van der Waals surface area contributed by atoms with Crippen molar-refractivity contribution >= 4 is 46.1 Å². The number of rotatable bonds is 11. The van der Waals surface area contributed by atoms with Crippen LogP contribution in [0, 0.1) is 0 Å². The molecule has 3 aromatic carbocycles. The molecule has 8 rings (SSSR count). The predicted octanol–water partition coefficient (Wildman–Crippen LogP) is 6.88. The molecule has 3 aromatic heterocycles. The van der Waals surface area contributed by atoms with Crippen molar-refractivity contribution in [3.63, 3.8) is 0 Å². The van der Waals surface area contributed by atoms with Gasteiger partial charge in [-0.3, -0.25) is 9.59 Å². The van der Waals surface area contributed by atoms with E-state index >= 15 is 0 Å².